The van der Waals surface area contributed by atoms with Crippen molar-refractivity contribution in [1.82, 2.24) is 5.43 Å². The first-order chi connectivity index (χ1) is 14.8. The maximum Gasteiger partial charge on any atom is 0.289 e. The average Bonchev–Trinajstić information content (AvgIpc) is 3.31. The van der Waals surface area contributed by atoms with Gasteiger partial charge in [0.05, 0.1) is 16.3 Å². The van der Waals surface area contributed by atoms with Crippen molar-refractivity contribution in [1.29, 1.82) is 0 Å². The summed E-state index contributed by atoms with van der Waals surface area (Å²) in [5.41, 5.74) is 2.53. The number of para-hydroxylation sites is 2. The van der Waals surface area contributed by atoms with Crippen LogP contribution in [0.2, 0.25) is 0 Å². The van der Waals surface area contributed by atoms with Crippen LogP contribution in [-0.4, -0.2) is 31.5 Å². The highest BCUT2D eigenvalue weighted by Gasteiger charge is 2.33. The number of carbonyl (C=O) groups excluding carboxylic acids is 1. The summed E-state index contributed by atoms with van der Waals surface area (Å²) in [6, 6.07) is 16.6. The largest absolute Gasteiger partial charge is 0.289 e. The van der Waals surface area contributed by atoms with Gasteiger partial charge in [0.25, 0.3) is 21.6 Å². The van der Waals surface area contributed by atoms with Crippen molar-refractivity contribution >= 4 is 44.4 Å². The number of rotatable bonds is 8. The first-order valence-corrected chi connectivity index (χ1v) is 11.3. The molecule has 1 heterocycles. The second kappa shape index (κ2) is 9.49. The summed E-state index contributed by atoms with van der Waals surface area (Å²) in [6.07, 6.45) is 0. The van der Waals surface area contributed by atoms with Crippen molar-refractivity contribution in [2.75, 3.05) is 10.8 Å². The first-order valence-electron chi connectivity index (χ1n) is 8.99. The van der Waals surface area contributed by atoms with E-state index in [1.165, 1.54) is 35.6 Å². The van der Waals surface area contributed by atoms with Crippen LogP contribution in [0, 0.1) is 10.1 Å². The minimum atomic E-state index is -4.42. The van der Waals surface area contributed by atoms with E-state index in [9.17, 15) is 23.3 Å². The molecule has 0 saturated carbocycles. The number of nitrogens with zero attached hydrogens (tertiary/aromatic N) is 3. The van der Waals surface area contributed by atoms with Crippen molar-refractivity contribution < 1.29 is 18.1 Å². The van der Waals surface area contributed by atoms with Crippen LogP contribution in [0.15, 0.2) is 82.1 Å². The van der Waals surface area contributed by atoms with Crippen LogP contribution < -0.4 is 9.73 Å². The third-order valence-electron chi connectivity index (χ3n) is 4.19. The molecule has 160 valence electrons. The number of hydrazone groups is 1. The van der Waals surface area contributed by atoms with E-state index < -0.39 is 38.0 Å². The second-order valence-corrected chi connectivity index (χ2v) is 9.06. The summed E-state index contributed by atoms with van der Waals surface area (Å²) in [5.74, 6) is -0.693. The van der Waals surface area contributed by atoms with E-state index in [2.05, 4.69) is 10.5 Å². The van der Waals surface area contributed by atoms with E-state index in [4.69, 9.17) is 0 Å². The van der Waals surface area contributed by atoms with Gasteiger partial charge in [-0.2, -0.15) is 5.10 Å². The average molecular weight is 459 g/mol. The molecule has 0 saturated heterocycles. The number of carbonyl (C=O) groups is 1. The molecule has 0 aliphatic carbocycles. The van der Waals surface area contributed by atoms with Crippen LogP contribution in [-0.2, 0) is 14.8 Å². The Bertz CT molecular complexity index is 1210. The molecule has 1 N–H and O–H groups in total. The Kier molecular flexibility index (Phi) is 6.78. The Morgan fingerprint density at radius 2 is 1.77 bits per heavy atom. The summed E-state index contributed by atoms with van der Waals surface area (Å²) in [5, 5.41) is 17.2. The van der Waals surface area contributed by atoms with Gasteiger partial charge in [-0.1, -0.05) is 36.4 Å². The van der Waals surface area contributed by atoms with Crippen LogP contribution >= 0.6 is 11.3 Å². The molecule has 11 heteroatoms. The molecule has 0 bridgehead atoms. The van der Waals surface area contributed by atoms with Gasteiger partial charge in [-0.25, -0.2) is 13.8 Å². The molecular weight excluding hydrogens is 440 g/mol. The molecule has 0 aliphatic rings. The highest BCUT2D eigenvalue weighted by Crippen LogP contribution is 2.29. The van der Waals surface area contributed by atoms with Gasteiger partial charge < -0.3 is 0 Å². The van der Waals surface area contributed by atoms with Crippen molar-refractivity contribution in [3.63, 3.8) is 0 Å². The topological polar surface area (TPSA) is 122 Å². The number of thiophene rings is 1. The number of anilines is 1. The normalized spacial score (nSPS) is 11.7. The fourth-order valence-corrected chi connectivity index (χ4v) is 4.96. The summed E-state index contributed by atoms with van der Waals surface area (Å²) in [6.45, 7) is 1.10. The second-order valence-electron chi connectivity index (χ2n) is 6.28. The van der Waals surface area contributed by atoms with Crippen LogP contribution in [0.3, 0.4) is 0 Å². The first kappa shape index (κ1) is 22.1. The van der Waals surface area contributed by atoms with Crippen LogP contribution in [0.4, 0.5) is 11.4 Å². The van der Waals surface area contributed by atoms with E-state index in [1.807, 2.05) is 17.5 Å². The lowest BCUT2D eigenvalue weighted by molar-refractivity contribution is -0.387. The lowest BCUT2D eigenvalue weighted by atomic mass is 10.3. The van der Waals surface area contributed by atoms with E-state index in [-0.39, 0.29) is 5.69 Å². The molecule has 31 heavy (non-hydrogen) atoms. The molecule has 3 aromatic rings. The maximum atomic E-state index is 13.3. The Hall–Kier alpha value is -3.57. The predicted molar refractivity (Wildman–Crippen MR) is 119 cm³/mol. The molecule has 3 rings (SSSR count). The highest BCUT2D eigenvalue weighted by atomic mass is 32.2. The Balaban J connectivity index is 1.94. The fraction of sp³-hybridized carbons (Fsp3) is 0.100. The van der Waals surface area contributed by atoms with Gasteiger partial charge in [0.1, 0.15) is 6.54 Å². The number of amides is 1. The minimum absolute atomic E-state index is 0.190. The van der Waals surface area contributed by atoms with Gasteiger partial charge in [-0.05, 0) is 36.6 Å². The molecule has 1 aromatic heterocycles. The van der Waals surface area contributed by atoms with Gasteiger partial charge in [0, 0.05) is 10.9 Å². The van der Waals surface area contributed by atoms with Crippen LogP contribution in [0.1, 0.15) is 11.8 Å². The summed E-state index contributed by atoms with van der Waals surface area (Å²) >= 11 is 1.45. The highest BCUT2D eigenvalue weighted by molar-refractivity contribution is 7.93. The van der Waals surface area contributed by atoms with E-state index in [0.717, 1.165) is 21.3 Å². The smallest absolute Gasteiger partial charge is 0.271 e. The van der Waals surface area contributed by atoms with Gasteiger partial charge >= 0.3 is 0 Å². The molecule has 0 radical (unpaired) electrons. The fourth-order valence-electron chi connectivity index (χ4n) is 2.71. The molecule has 0 unspecified atom stereocenters. The summed E-state index contributed by atoms with van der Waals surface area (Å²) in [7, 11) is -4.42. The van der Waals surface area contributed by atoms with E-state index >= 15 is 0 Å². The number of benzene rings is 2. The monoisotopic (exact) mass is 458 g/mol. The maximum absolute atomic E-state index is 13.3. The lowest BCUT2D eigenvalue weighted by Gasteiger charge is -2.23. The SMILES string of the molecule is C/C(=N/NC(=O)CN(c1ccccc1)S(=O)(=O)c1ccccc1[N+](=O)[O-])c1cccs1. The van der Waals surface area contributed by atoms with Gasteiger partial charge in [0.2, 0.25) is 0 Å². The zero-order valence-corrected chi connectivity index (χ0v) is 18.0. The van der Waals surface area contributed by atoms with Crippen molar-refractivity contribution in [2.24, 2.45) is 5.10 Å². The molecule has 0 spiro atoms. The van der Waals surface area contributed by atoms with E-state index in [0.29, 0.717) is 5.71 Å². The third kappa shape index (κ3) is 5.13. The summed E-state index contributed by atoms with van der Waals surface area (Å²) in [4.78, 5) is 23.5. The molecule has 2 aromatic carbocycles. The third-order valence-corrected chi connectivity index (χ3v) is 6.99. The van der Waals surface area contributed by atoms with Gasteiger partial charge in [-0.15, -0.1) is 11.3 Å². The van der Waals surface area contributed by atoms with Gasteiger partial charge in [0.15, 0.2) is 4.90 Å². The molecule has 0 fully saturated rings. The predicted octanol–water partition coefficient (Wildman–Crippen LogP) is 3.39. The number of sulfonamides is 1. The van der Waals surface area contributed by atoms with Crippen LogP contribution in [0.5, 0.6) is 0 Å². The molecule has 9 nitrogen and oxygen atoms in total. The van der Waals surface area contributed by atoms with Crippen molar-refractivity contribution in [3.8, 4) is 0 Å². The van der Waals surface area contributed by atoms with Crippen LogP contribution in [0.25, 0.3) is 0 Å². The van der Waals surface area contributed by atoms with Crippen molar-refractivity contribution in [2.45, 2.75) is 11.8 Å². The molecular formula is C20H18N4O5S2. The Morgan fingerprint density at radius 1 is 1.10 bits per heavy atom. The van der Waals surface area contributed by atoms with Crippen molar-refractivity contribution in [3.05, 3.63) is 87.1 Å². The van der Waals surface area contributed by atoms with Gasteiger partial charge in [-0.3, -0.25) is 19.2 Å². The minimum Gasteiger partial charge on any atom is -0.271 e. The quantitative estimate of drug-likeness (QED) is 0.315. The number of nitro benzene ring substituents is 1. The molecule has 0 aliphatic heterocycles. The standard InChI is InChI=1S/C20H18N4O5S2/c1-15(18-11-7-13-30-18)21-22-20(25)14-23(16-8-3-2-4-9-16)31(28,29)19-12-6-5-10-17(19)24(26)27/h2-13H,14H2,1H3,(H,22,25)/b21-15-. The number of hydrogen-bond donors (Lipinski definition) is 1. The zero-order valence-electron chi connectivity index (χ0n) is 16.3. The number of nitro groups is 1. The summed E-state index contributed by atoms with van der Waals surface area (Å²) < 4.78 is 27.5. The Morgan fingerprint density at radius 3 is 2.42 bits per heavy atom. The molecule has 0 atom stereocenters. The molecule has 1 amide bonds. The number of nitrogens with one attached hydrogen (secondary N) is 1. The van der Waals surface area contributed by atoms with E-state index in [1.54, 1.807) is 25.1 Å². The zero-order chi connectivity index (χ0) is 22.4. The number of hydrogen-bond acceptors (Lipinski definition) is 7. The Labute approximate surface area is 182 Å². The lowest BCUT2D eigenvalue weighted by Crippen LogP contribution is -2.40.